The Bertz CT molecular complexity index is 856. The second-order valence-electron chi connectivity index (χ2n) is 5.33. The number of nitrogens with zero attached hydrogens (tertiary/aromatic N) is 5. The van der Waals surface area contributed by atoms with E-state index in [9.17, 15) is 18.7 Å². The van der Waals surface area contributed by atoms with Gasteiger partial charge in [-0.15, -0.1) is 0 Å². The number of pyridine rings is 1. The van der Waals surface area contributed by atoms with Crippen LogP contribution in [-0.2, 0) is 4.79 Å². The monoisotopic (exact) mass is 346 g/mol. The van der Waals surface area contributed by atoms with E-state index in [1.807, 2.05) is 0 Å². The molecule has 0 aliphatic carbocycles. The van der Waals surface area contributed by atoms with Gasteiger partial charge in [0.05, 0.1) is 0 Å². The molecular weight excluding hydrogens is 334 g/mol. The van der Waals surface area contributed by atoms with Gasteiger partial charge in [0.1, 0.15) is 29.7 Å². The molecule has 3 heterocycles. The zero-order valence-electron chi connectivity index (χ0n) is 12.7. The normalized spacial score (nSPS) is 20.0. The predicted octanol–water partition coefficient (Wildman–Crippen LogP) is 1.54. The van der Waals surface area contributed by atoms with Crippen LogP contribution < -0.4 is 10.2 Å². The van der Waals surface area contributed by atoms with Gasteiger partial charge in [-0.1, -0.05) is 0 Å². The Morgan fingerprint density at radius 3 is 2.76 bits per heavy atom. The number of hydrogen-bond acceptors (Lipinski definition) is 7. The molecule has 0 saturated carbocycles. The Balaban J connectivity index is 1.82. The van der Waals surface area contributed by atoms with Crippen LogP contribution in [0.15, 0.2) is 30.7 Å². The zero-order chi connectivity index (χ0) is 18.0. The minimum absolute atomic E-state index is 0.00290. The fourth-order valence-electron chi connectivity index (χ4n) is 2.40. The van der Waals surface area contributed by atoms with Crippen molar-refractivity contribution in [2.24, 2.45) is 0 Å². The quantitative estimate of drug-likeness (QED) is 0.807. The third-order valence-electron chi connectivity index (χ3n) is 3.70. The van der Waals surface area contributed by atoms with Crippen molar-refractivity contribution < 1.29 is 18.7 Å². The molecule has 0 bridgehead atoms. The molecule has 8 nitrogen and oxygen atoms in total. The molecule has 0 radical (unpaired) electrons. The first-order valence-corrected chi connectivity index (χ1v) is 7.22. The summed E-state index contributed by atoms with van der Waals surface area (Å²) in [6, 6.07) is 5.73. The molecule has 1 amide bonds. The van der Waals surface area contributed by atoms with Gasteiger partial charge in [-0.05, 0) is 6.07 Å². The van der Waals surface area contributed by atoms with Crippen molar-refractivity contribution in [2.45, 2.75) is 18.4 Å². The number of halogens is 2. The van der Waals surface area contributed by atoms with Crippen LogP contribution in [0.25, 0.3) is 0 Å². The second-order valence-corrected chi connectivity index (χ2v) is 5.33. The van der Waals surface area contributed by atoms with Crippen LogP contribution in [0, 0.1) is 11.3 Å². The SMILES string of the molecule is N#C[C@@]1(O)CCN(c2ccnc(Nc3cc(C(F)F)ncn3)c2)C1=O. The van der Waals surface area contributed by atoms with E-state index in [2.05, 4.69) is 20.3 Å². The smallest absolute Gasteiger partial charge is 0.280 e. The number of alkyl halides is 2. The Morgan fingerprint density at radius 1 is 1.32 bits per heavy atom. The maximum absolute atomic E-state index is 12.7. The van der Waals surface area contributed by atoms with E-state index in [0.29, 0.717) is 5.69 Å². The van der Waals surface area contributed by atoms with Gasteiger partial charge in [0.2, 0.25) is 5.60 Å². The van der Waals surface area contributed by atoms with E-state index in [0.717, 1.165) is 12.4 Å². The maximum Gasteiger partial charge on any atom is 0.280 e. The lowest BCUT2D eigenvalue weighted by Gasteiger charge is -2.18. The van der Waals surface area contributed by atoms with E-state index >= 15 is 0 Å². The van der Waals surface area contributed by atoms with Crippen LogP contribution in [0.5, 0.6) is 0 Å². The summed E-state index contributed by atoms with van der Waals surface area (Å²) in [4.78, 5) is 24.8. The van der Waals surface area contributed by atoms with Crippen LogP contribution in [-0.4, -0.2) is 38.1 Å². The number of nitrogens with one attached hydrogen (secondary N) is 1. The summed E-state index contributed by atoms with van der Waals surface area (Å²) in [6.07, 6.45) is -0.320. The first kappa shape index (κ1) is 16.7. The number of aromatic nitrogens is 3. The number of amides is 1. The fourth-order valence-corrected chi connectivity index (χ4v) is 2.40. The summed E-state index contributed by atoms with van der Waals surface area (Å²) in [6.45, 7) is 0.176. The second kappa shape index (κ2) is 6.37. The summed E-state index contributed by atoms with van der Waals surface area (Å²) in [7, 11) is 0. The minimum atomic E-state index is -2.73. The van der Waals surface area contributed by atoms with Crippen LogP contribution in [0.3, 0.4) is 0 Å². The molecule has 3 rings (SSSR count). The fraction of sp³-hybridized carbons (Fsp3) is 0.267. The number of anilines is 3. The molecular formula is C15H12F2N6O2. The topological polar surface area (TPSA) is 115 Å². The molecule has 25 heavy (non-hydrogen) atoms. The molecule has 0 unspecified atom stereocenters. The molecule has 1 aliphatic heterocycles. The zero-order valence-corrected chi connectivity index (χ0v) is 12.7. The molecule has 128 valence electrons. The van der Waals surface area contributed by atoms with E-state index in [1.54, 1.807) is 6.07 Å². The summed E-state index contributed by atoms with van der Waals surface area (Å²) in [5.74, 6) is -0.331. The largest absolute Gasteiger partial charge is 0.368 e. The van der Waals surface area contributed by atoms with E-state index < -0.39 is 23.6 Å². The van der Waals surface area contributed by atoms with Gasteiger partial charge in [-0.3, -0.25) is 4.79 Å². The van der Waals surface area contributed by atoms with E-state index in [1.165, 1.54) is 23.2 Å². The molecule has 1 fully saturated rings. The van der Waals surface area contributed by atoms with Gasteiger partial charge in [0.15, 0.2) is 0 Å². The summed E-state index contributed by atoms with van der Waals surface area (Å²) in [5, 5.41) is 21.6. The van der Waals surface area contributed by atoms with Crippen LogP contribution in [0.1, 0.15) is 18.5 Å². The molecule has 2 aromatic rings. The Labute approximate surface area is 140 Å². The number of nitriles is 1. The highest BCUT2D eigenvalue weighted by Gasteiger charge is 2.46. The Hall–Kier alpha value is -3.19. The lowest BCUT2D eigenvalue weighted by Crippen LogP contribution is -2.38. The molecule has 1 aliphatic rings. The molecule has 0 aromatic carbocycles. The lowest BCUT2D eigenvalue weighted by molar-refractivity contribution is -0.128. The average molecular weight is 346 g/mol. The molecule has 0 spiro atoms. The molecule has 1 saturated heterocycles. The van der Waals surface area contributed by atoms with Crippen molar-refractivity contribution in [3.05, 3.63) is 36.4 Å². The number of carbonyl (C=O) groups is 1. The average Bonchev–Trinajstić information content (AvgIpc) is 2.91. The van der Waals surface area contributed by atoms with Gasteiger partial charge >= 0.3 is 0 Å². The molecule has 2 aromatic heterocycles. The van der Waals surface area contributed by atoms with Crippen molar-refractivity contribution in [1.82, 2.24) is 15.0 Å². The maximum atomic E-state index is 12.7. The number of rotatable bonds is 4. The Morgan fingerprint density at radius 2 is 2.08 bits per heavy atom. The van der Waals surface area contributed by atoms with E-state index in [-0.39, 0.29) is 24.6 Å². The van der Waals surface area contributed by atoms with Crippen molar-refractivity contribution in [3.63, 3.8) is 0 Å². The first-order valence-electron chi connectivity index (χ1n) is 7.22. The van der Waals surface area contributed by atoms with Gasteiger partial charge in [0, 0.05) is 37.0 Å². The van der Waals surface area contributed by atoms with Crippen LogP contribution >= 0.6 is 0 Å². The molecule has 10 heteroatoms. The van der Waals surface area contributed by atoms with Gasteiger partial charge < -0.3 is 15.3 Å². The van der Waals surface area contributed by atoms with Crippen LogP contribution in [0.4, 0.5) is 26.1 Å². The third-order valence-corrected chi connectivity index (χ3v) is 3.70. The van der Waals surface area contributed by atoms with Gasteiger partial charge in [-0.25, -0.2) is 23.7 Å². The highest BCUT2D eigenvalue weighted by molar-refractivity contribution is 6.03. The van der Waals surface area contributed by atoms with Crippen molar-refractivity contribution >= 4 is 23.2 Å². The van der Waals surface area contributed by atoms with Crippen LogP contribution in [0.2, 0.25) is 0 Å². The number of hydrogen-bond donors (Lipinski definition) is 2. The van der Waals surface area contributed by atoms with Gasteiger partial charge in [-0.2, -0.15) is 5.26 Å². The summed E-state index contributed by atoms with van der Waals surface area (Å²) in [5.41, 5.74) is -2.05. The van der Waals surface area contributed by atoms with Crippen molar-refractivity contribution in [2.75, 3.05) is 16.8 Å². The standard InChI is InChI=1S/C15H12F2N6O2/c16-13(17)10-6-12(21-8-20-10)22-11-5-9(1-3-19-11)23-4-2-15(25,7-18)14(23)24/h1,3,5-6,8,13,25H,2,4H2,(H,19,20,21,22)/t15-/m0/s1. The highest BCUT2D eigenvalue weighted by atomic mass is 19.3. The van der Waals surface area contributed by atoms with E-state index in [4.69, 9.17) is 5.26 Å². The summed E-state index contributed by atoms with van der Waals surface area (Å²) < 4.78 is 25.4. The summed E-state index contributed by atoms with van der Waals surface area (Å²) >= 11 is 0. The minimum Gasteiger partial charge on any atom is -0.368 e. The highest BCUT2D eigenvalue weighted by Crippen LogP contribution is 2.29. The number of carbonyl (C=O) groups excluding carboxylic acids is 1. The first-order chi connectivity index (χ1) is 11.9. The number of aliphatic hydroxyl groups is 1. The lowest BCUT2D eigenvalue weighted by atomic mass is 10.1. The molecule has 2 N–H and O–H groups in total. The Kier molecular flexibility index (Phi) is 4.24. The predicted molar refractivity (Wildman–Crippen MR) is 82.0 cm³/mol. The molecule has 1 atom stereocenters. The third kappa shape index (κ3) is 3.22. The van der Waals surface area contributed by atoms with Gasteiger partial charge in [0.25, 0.3) is 12.3 Å². The van der Waals surface area contributed by atoms with Crippen molar-refractivity contribution in [3.8, 4) is 6.07 Å². The van der Waals surface area contributed by atoms with Crippen molar-refractivity contribution in [1.29, 1.82) is 5.26 Å².